The van der Waals surface area contributed by atoms with E-state index >= 15 is 0 Å². The van der Waals surface area contributed by atoms with Gasteiger partial charge in [-0.3, -0.25) is 14.9 Å². The van der Waals surface area contributed by atoms with Crippen molar-refractivity contribution in [2.45, 2.75) is 19.3 Å². The summed E-state index contributed by atoms with van der Waals surface area (Å²) in [5.41, 5.74) is 2.08. The Morgan fingerprint density at radius 3 is 2.38 bits per heavy atom. The molecule has 0 unspecified atom stereocenters. The zero-order valence-corrected chi connectivity index (χ0v) is 13.4. The Hall–Kier alpha value is -2.89. The van der Waals surface area contributed by atoms with Gasteiger partial charge in [0.2, 0.25) is 5.91 Å². The molecule has 0 fully saturated rings. The molecule has 0 aliphatic rings. The number of rotatable bonds is 9. The number of nitrogens with zero attached hydrogens (tertiary/aromatic N) is 1. The summed E-state index contributed by atoms with van der Waals surface area (Å²) in [5.74, 6) is 0.0384. The molecule has 0 atom stereocenters. The highest BCUT2D eigenvalue weighted by Gasteiger charge is 2.04. The zero-order valence-electron chi connectivity index (χ0n) is 13.4. The summed E-state index contributed by atoms with van der Waals surface area (Å²) in [7, 11) is 0. The molecule has 2 aromatic carbocycles. The molecule has 0 aliphatic heterocycles. The maximum Gasteiger partial charge on any atom is 0.269 e. The number of non-ortho nitro benzene ring substituents is 1. The molecule has 0 bridgehead atoms. The lowest BCUT2D eigenvalue weighted by Gasteiger charge is -2.07. The van der Waals surface area contributed by atoms with Crippen LogP contribution in [-0.4, -0.2) is 23.9 Å². The van der Waals surface area contributed by atoms with E-state index < -0.39 is 4.92 Å². The van der Waals surface area contributed by atoms with Crippen LogP contribution in [0.25, 0.3) is 0 Å². The van der Waals surface area contributed by atoms with E-state index in [0.717, 1.165) is 12.1 Å². The lowest BCUT2D eigenvalue weighted by atomic mass is 10.1. The van der Waals surface area contributed by atoms with Crippen LogP contribution in [0.4, 0.5) is 11.4 Å². The Labute approximate surface area is 141 Å². The van der Waals surface area contributed by atoms with Crippen LogP contribution in [0.2, 0.25) is 0 Å². The van der Waals surface area contributed by atoms with Crippen molar-refractivity contribution in [2.24, 2.45) is 0 Å². The van der Waals surface area contributed by atoms with Gasteiger partial charge in [-0.15, -0.1) is 0 Å². The van der Waals surface area contributed by atoms with Gasteiger partial charge in [-0.1, -0.05) is 30.3 Å². The van der Waals surface area contributed by atoms with Gasteiger partial charge in [-0.25, -0.2) is 0 Å². The van der Waals surface area contributed by atoms with Gasteiger partial charge in [0.25, 0.3) is 5.69 Å². The molecule has 0 saturated carbocycles. The van der Waals surface area contributed by atoms with Gasteiger partial charge in [0.1, 0.15) is 0 Å². The standard InChI is InChI=1S/C18H21N3O3/c22-18(20-14-12-15-5-2-1-3-6-15)7-4-13-19-16-8-10-17(11-9-16)21(23)24/h1-3,5-6,8-11,19H,4,7,12-14H2,(H,20,22). The fraction of sp³-hybridized carbons (Fsp3) is 0.278. The second kappa shape index (κ2) is 9.29. The number of anilines is 1. The Morgan fingerprint density at radius 2 is 1.71 bits per heavy atom. The fourth-order valence-corrected chi connectivity index (χ4v) is 2.26. The molecule has 126 valence electrons. The normalized spacial score (nSPS) is 10.2. The second-order valence-electron chi connectivity index (χ2n) is 5.42. The highest BCUT2D eigenvalue weighted by Crippen LogP contribution is 2.15. The first-order valence-electron chi connectivity index (χ1n) is 7.94. The number of carbonyl (C=O) groups is 1. The van der Waals surface area contributed by atoms with Crippen molar-refractivity contribution < 1.29 is 9.72 Å². The van der Waals surface area contributed by atoms with Crippen molar-refractivity contribution in [3.8, 4) is 0 Å². The van der Waals surface area contributed by atoms with Gasteiger partial charge in [0, 0.05) is 37.3 Å². The number of nitro groups is 1. The predicted octanol–water partition coefficient (Wildman–Crippen LogP) is 3.15. The van der Waals surface area contributed by atoms with Crippen LogP contribution in [0.1, 0.15) is 18.4 Å². The SMILES string of the molecule is O=C(CCCNc1ccc([N+](=O)[O-])cc1)NCCc1ccccc1. The molecule has 0 radical (unpaired) electrons. The minimum absolute atomic E-state index is 0.0384. The fourth-order valence-electron chi connectivity index (χ4n) is 2.26. The number of hydrogen-bond acceptors (Lipinski definition) is 4. The van der Waals surface area contributed by atoms with E-state index in [-0.39, 0.29) is 11.6 Å². The molecule has 0 aromatic heterocycles. The smallest absolute Gasteiger partial charge is 0.269 e. The maximum absolute atomic E-state index is 11.8. The molecule has 2 rings (SSSR count). The molecule has 0 spiro atoms. The average molecular weight is 327 g/mol. The molecule has 0 heterocycles. The van der Waals surface area contributed by atoms with Crippen LogP contribution < -0.4 is 10.6 Å². The summed E-state index contributed by atoms with van der Waals surface area (Å²) in [6.07, 6.45) is 1.98. The molecule has 2 aromatic rings. The third-order valence-electron chi connectivity index (χ3n) is 3.57. The summed E-state index contributed by atoms with van der Waals surface area (Å²) in [4.78, 5) is 21.9. The monoisotopic (exact) mass is 327 g/mol. The van der Waals surface area contributed by atoms with Gasteiger partial charge >= 0.3 is 0 Å². The summed E-state index contributed by atoms with van der Waals surface area (Å²) in [6.45, 7) is 1.28. The van der Waals surface area contributed by atoms with Gasteiger partial charge in [0.15, 0.2) is 0 Å². The second-order valence-corrected chi connectivity index (χ2v) is 5.42. The lowest BCUT2D eigenvalue weighted by Crippen LogP contribution is -2.25. The van der Waals surface area contributed by atoms with Gasteiger partial charge in [0.05, 0.1) is 4.92 Å². The van der Waals surface area contributed by atoms with Crippen LogP contribution in [0.5, 0.6) is 0 Å². The third kappa shape index (κ3) is 6.08. The molecule has 1 amide bonds. The van der Waals surface area contributed by atoms with E-state index in [4.69, 9.17) is 0 Å². The predicted molar refractivity (Wildman–Crippen MR) is 94.0 cm³/mol. The third-order valence-corrected chi connectivity index (χ3v) is 3.57. The quantitative estimate of drug-likeness (QED) is 0.421. The number of amides is 1. The van der Waals surface area contributed by atoms with Gasteiger partial charge in [-0.2, -0.15) is 0 Å². The molecule has 6 nitrogen and oxygen atoms in total. The number of nitro benzene ring substituents is 1. The van der Waals surface area contributed by atoms with E-state index in [1.54, 1.807) is 12.1 Å². The Kier molecular flexibility index (Phi) is 6.76. The molecule has 24 heavy (non-hydrogen) atoms. The molecular weight excluding hydrogens is 306 g/mol. The van der Waals surface area contributed by atoms with Gasteiger partial charge < -0.3 is 10.6 Å². The molecule has 6 heteroatoms. The van der Waals surface area contributed by atoms with Crippen molar-refractivity contribution in [1.29, 1.82) is 0 Å². The minimum atomic E-state index is -0.427. The molecule has 0 saturated heterocycles. The number of nitrogens with one attached hydrogen (secondary N) is 2. The Morgan fingerprint density at radius 1 is 1.00 bits per heavy atom. The van der Waals surface area contributed by atoms with Crippen molar-refractivity contribution in [2.75, 3.05) is 18.4 Å². The summed E-state index contributed by atoms with van der Waals surface area (Å²) in [5, 5.41) is 16.6. The lowest BCUT2D eigenvalue weighted by molar-refractivity contribution is -0.384. The Balaban J connectivity index is 1.58. The first kappa shape index (κ1) is 17.5. The summed E-state index contributed by atoms with van der Waals surface area (Å²) >= 11 is 0. The molecule has 0 aliphatic carbocycles. The van der Waals surface area contributed by atoms with E-state index in [9.17, 15) is 14.9 Å². The van der Waals surface area contributed by atoms with Crippen LogP contribution >= 0.6 is 0 Å². The van der Waals surface area contributed by atoms with Crippen molar-refractivity contribution in [3.05, 3.63) is 70.3 Å². The molecule has 2 N–H and O–H groups in total. The summed E-state index contributed by atoms with van der Waals surface area (Å²) in [6, 6.07) is 16.3. The number of benzene rings is 2. The van der Waals surface area contributed by atoms with Crippen LogP contribution in [0.3, 0.4) is 0 Å². The van der Waals surface area contributed by atoms with E-state index in [0.29, 0.717) is 25.9 Å². The molecular formula is C18H21N3O3. The largest absolute Gasteiger partial charge is 0.385 e. The van der Waals surface area contributed by atoms with Crippen LogP contribution in [-0.2, 0) is 11.2 Å². The highest BCUT2D eigenvalue weighted by molar-refractivity contribution is 5.75. The zero-order chi connectivity index (χ0) is 17.2. The van der Waals surface area contributed by atoms with Crippen molar-refractivity contribution in [1.82, 2.24) is 5.32 Å². The highest BCUT2D eigenvalue weighted by atomic mass is 16.6. The first-order valence-corrected chi connectivity index (χ1v) is 7.94. The van der Waals surface area contributed by atoms with E-state index in [1.807, 2.05) is 30.3 Å². The first-order chi connectivity index (χ1) is 11.6. The maximum atomic E-state index is 11.8. The van der Waals surface area contributed by atoms with Crippen molar-refractivity contribution >= 4 is 17.3 Å². The Bertz CT molecular complexity index is 657. The topological polar surface area (TPSA) is 84.3 Å². The number of hydrogen-bond donors (Lipinski definition) is 2. The minimum Gasteiger partial charge on any atom is -0.385 e. The average Bonchev–Trinajstić information content (AvgIpc) is 2.60. The van der Waals surface area contributed by atoms with E-state index in [2.05, 4.69) is 10.6 Å². The van der Waals surface area contributed by atoms with Crippen LogP contribution in [0.15, 0.2) is 54.6 Å². The number of carbonyl (C=O) groups excluding carboxylic acids is 1. The van der Waals surface area contributed by atoms with Crippen LogP contribution in [0, 0.1) is 10.1 Å². The van der Waals surface area contributed by atoms with E-state index in [1.165, 1.54) is 17.7 Å². The van der Waals surface area contributed by atoms with Crippen molar-refractivity contribution in [3.63, 3.8) is 0 Å². The van der Waals surface area contributed by atoms with Gasteiger partial charge in [-0.05, 0) is 30.5 Å². The summed E-state index contributed by atoms with van der Waals surface area (Å²) < 4.78 is 0.